The first-order valence-electron chi connectivity index (χ1n) is 6.66. The van der Waals surface area contributed by atoms with E-state index in [0.717, 1.165) is 31.8 Å². The van der Waals surface area contributed by atoms with Gasteiger partial charge in [-0.05, 0) is 37.2 Å². The lowest BCUT2D eigenvalue weighted by molar-refractivity contribution is 0.0341. The average Bonchev–Trinajstić information content (AvgIpc) is 2.71. The van der Waals surface area contributed by atoms with Gasteiger partial charge in [0.2, 0.25) is 0 Å². The lowest BCUT2D eigenvalue weighted by atomic mass is 10.1. The zero-order chi connectivity index (χ0) is 13.6. The highest BCUT2D eigenvalue weighted by molar-refractivity contribution is 4.83. The summed E-state index contributed by atoms with van der Waals surface area (Å²) in [6, 6.07) is 0. The predicted molar refractivity (Wildman–Crippen MR) is 70.0 cm³/mol. The van der Waals surface area contributed by atoms with Crippen molar-refractivity contribution >= 4 is 0 Å². The molecule has 0 spiro atoms. The highest BCUT2D eigenvalue weighted by Gasteiger charge is 2.19. The Labute approximate surface area is 109 Å². The number of aryl methyl sites for hydroxylation is 1. The van der Waals surface area contributed by atoms with Gasteiger partial charge in [-0.2, -0.15) is 0 Å². The Hall–Kier alpha value is -1.01. The number of aliphatic hydroxyl groups is 1. The summed E-state index contributed by atoms with van der Waals surface area (Å²) < 4.78 is 1.86. The van der Waals surface area contributed by atoms with Crippen molar-refractivity contribution in [2.75, 3.05) is 13.1 Å². The van der Waals surface area contributed by atoms with Gasteiger partial charge in [-0.25, -0.2) is 4.68 Å². The van der Waals surface area contributed by atoms with E-state index < -0.39 is 5.60 Å². The second-order valence-electron chi connectivity index (χ2n) is 5.29. The Kier molecular flexibility index (Phi) is 5.68. The molecule has 0 aliphatic carbocycles. The molecular formula is C12H25N5O. The van der Waals surface area contributed by atoms with Gasteiger partial charge in [0.05, 0.1) is 12.1 Å². The Balaban J connectivity index is 2.61. The van der Waals surface area contributed by atoms with E-state index in [2.05, 4.69) is 34.3 Å². The van der Waals surface area contributed by atoms with Crippen LogP contribution in [0, 0.1) is 0 Å². The lowest BCUT2D eigenvalue weighted by Crippen LogP contribution is -2.38. The van der Waals surface area contributed by atoms with Crippen LogP contribution >= 0.6 is 0 Å². The molecule has 0 saturated carbocycles. The summed E-state index contributed by atoms with van der Waals surface area (Å²) in [7, 11) is 0. The molecule has 0 atom stereocenters. The van der Waals surface area contributed by atoms with Crippen molar-refractivity contribution in [3.05, 3.63) is 5.82 Å². The SMILES string of the molecule is CCCCn1nnnc1CN(CC)CC(C)(C)O. The third-order valence-electron chi connectivity index (χ3n) is 2.75. The van der Waals surface area contributed by atoms with E-state index in [-0.39, 0.29) is 0 Å². The molecular weight excluding hydrogens is 230 g/mol. The fraction of sp³-hybridized carbons (Fsp3) is 0.917. The van der Waals surface area contributed by atoms with E-state index in [4.69, 9.17) is 0 Å². The summed E-state index contributed by atoms with van der Waals surface area (Å²) in [6.07, 6.45) is 2.20. The highest BCUT2D eigenvalue weighted by Crippen LogP contribution is 2.08. The molecule has 0 bridgehead atoms. The number of rotatable bonds is 8. The largest absolute Gasteiger partial charge is 0.389 e. The molecule has 0 fully saturated rings. The van der Waals surface area contributed by atoms with Gasteiger partial charge in [0.25, 0.3) is 0 Å². The number of nitrogens with zero attached hydrogens (tertiary/aromatic N) is 5. The fourth-order valence-corrected chi connectivity index (χ4v) is 1.84. The van der Waals surface area contributed by atoms with Gasteiger partial charge in [-0.3, -0.25) is 4.90 Å². The highest BCUT2D eigenvalue weighted by atomic mass is 16.3. The number of tetrazole rings is 1. The summed E-state index contributed by atoms with van der Waals surface area (Å²) >= 11 is 0. The smallest absolute Gasteiger partial charge is 0.165 e. The van der Waals surface area contributed by atoms with Gasteiger partial charge in [-0.15, -0.1) is 5.10 Å². The monoisotopic (exact) mass is 255 g/mol. The molecule has 0 radical (unpaired) electrons. The zero-order valence-corrected chi connectivity index (χ0v) is 11.9. The van der Waals surface area contributed by atoms with Crippen LogP contribution in [0.5, 0.6) is 0 Å². The molecule has 104 valence electrons. The fourth-order valence-electron chi connectivity index (χ4n) is 1.84. The zero-order valence-electron chi connectivity index (χ0n) is 11.9. The first-order chi connectivity index (χ1) is 8.46. The van der Waals surface area contributed by atoms with Crippen LogP contribution in [-0.2, 0) is 13.1 Å². The number of aromatic nitrogens is 4. The van der Waals surface area contributed by atoms with E-state index in [0.29, 0.717) is 13.1 Å². The van der Waals surface area contributed by atoms with Gasteiger partial charge in [0.15, 0.2) is 5.82 Å². The molecule has 1 N–H and O–H groups in total. The molecule has 1 heterocycles. The molecule has 6 nitrogen and oxygen atoms in total. The normalized spacial score (nSPS) is 12.3. The maximum atomic E-state index is 9.86. The lowest BCUT2D eigenvalue weighted by Gasteiger charge is -2.27. The molecule has 0 aliphatic rings. The molecule has 0 aromatic carbocycles. The van der Waals surface area contributed by atoms with Gasteiger partial charge >= 0.3 is 0 Å². The van der Waals surface area contributed by atoms with Crippen LogP contribution in [-0.4, -0.2) is 48.9 Å². The predicted octanol–water partition coefficient (Wildman–Crippen LogP) is 1.07. The Morgan fingerprint density at radius 1 is 1.33 bits per heavy atom. The van der Waals surface area contributed by atoms with E-state index in [9.17, 15) is 5.11 Å². The second kappa shape index (κ2) is 6.80. The Morgan fingerprint density at radius 3 is 2.61 bits per heavy atom. The first kappa shape index (κ1) is 15.0. The number of hydrogen-bond donors (Lipinski definition) is 1. The Morgan fingerprint density at radius 2 is 2.06 bits per heavy atom. The molecule has 1 aromatic heterocycles. The molecule has 0 unspecified atom stereocenters. The van der Waals surface area contributed by atoms with Crippen molar-refractivity contribution in [1.29, 1.82) is 0 Å². The molecule has 1 rings (SSSR count). The van der Waals surface area contributed by atoms with Crippen LogP contribution in [0.15, 0.2) is 0 Å². The summed E-state index contributed by atoms with van der Waals surface area (Å²) in [6.45, 7) is 10.9. The minimum Gasteiger partial charge on any atom is -0.389 e. The molecule has 18 heavy (non-hydrogen) atoms. The van der Waals surface area contributed by atoms with Gasteiger partial charge in [0.1, 0.15) is 0 Å². The van der Waals surface area contributed by atoms with Crippen LogP contribution < -0.4 is 0 Å². The first-order valence-corrected chi connectivity index (χ1v) is 6.66. The summed E-state index contributed by atoms with van der Waals surface area (Å²) in [4.78, 5) is 2.15. The average molecular weight is 255 g/mol. The third kappa shape index (κ3) is 5.10. The van der Waals surface area contributed by atoms with E-state index in [1.165, 1.54) is 0 Å². The number of unbranched alkanes of at least 4 members (excludes halogenated alkanes) is 1. The van der Waals surface area contributed by atoms with Crippen LogP contribution in [0.2, 0.25) is 0 Å². The van der Waals surface area contributed by atoms with Crippen LogP contribution in [0.3, 0.4) is 0 Å². The van der Waals surface area contributed by atoms with Gasteiger partial charge in [0, 0.05) is 13.1 Å². The molecule has 0 saturated heterocycles. The van der Waals surface area contributed by atoms with Crippen molar-refractivity contribution in [2.45, 2.75) is 59.2 Å². The third-order valence-corrected chi connectivity index (χ3v) is 2.75. The number of likely N-dealkylation sites (N-methyl/N-ethyl adjacent to an activating group) is 1. The molecule has 1 aromatic rings. The van der Waals surface area contributed by atoms with Crippen molar-refractivity contribution in [3.63, 3.8) is 0 Å². The maximum Gasteiger partial charge on any atom is 0.165 e. The van der Waals surface area contributed by atoms with Crippen LogP contribution in [0.1, 0.15) is 46.4 Å². The topological polar surface area (TPSA) is 67.1 Å². The van der Waals surface area contributed by atoms with Crippen molar-refractivity contribution < 1.29 is 5.11 Å². The molecule has 0 amide bonds. The minimum atomic E-state index is -0.697. The molecule has 6 heteroatoms. The Bertz CT molecular complexity index is 344. The summed E-state index contributed by atoms with van der Waals surface area (Å²) in [5, 5.41) is 21.7. The minimum absolute atomic E-state index is 0.615. The van der Waals surface area contributed by atoms with E-state index in [1.54, 1.807) is 0 Å². The second-order valence-corrected chi connectivity index (χ2v) is 5.29. The van der Waals surface area contributed by atoms with Gasteiger partial charge < -0.3 is 5.11 Å². The van der Waals surface area contributed by atoms with E-state index >= 15 is 0 Å². The maximum absolute atomic E-state index is 9.86. The van der Waals surface area contributed by atoms with Crippen LogP contribution in [0.4, 0.5) is 0 Å². The molecule has 0 aliphatic heterocycles. The van der Waals surface area contributed by atoms with Crippen LogP contribution in [0.25, 0.3) is 0 Å². The summed E-state index contributed by atoms with van der Waals surface area (Å²) in [5.74, 6) is 0.870. The van der Waals surface area contributed by atoms with Gasteiger partial charge in [-0.1, -0.05) is 20.3 Å². The van der Waals surface area contributed by atoms with Crippen molar-refractivity contribution in [1.82, 2.24) is 25.1 Å². The van der Waals surface area contributed by atoms with Crippen molar-refractivity contribution in [3.8, 4) is 0 Å². The number of hydrogen-bond acceptors (Lipinski definition) is 5. The summed E-state index contributed by atoms with van der Waals surface area (Å²) in [5.41, 5.74) is -0.697. The van der Waals surface area contributed by atoms with E-state index in [1.807, 2.05) is 18.5 Å². The standard InChI is InChI=1S/C12H25N5O/c1-5-7-8-17-11(13-14-15-17)9-16(6-2)10-12(3,4)18/h18H,5-10H2,1-4H3. The quantitative estimate of drug-likeness (QED) is 0.752. The van der Waals surface area contributed by atoms with Crippen molar-refractivity contribution in [2.24, 2.45) is 0 Å².